The highest BCUT2D eigenvalue weighted by molar-refractivity contribution is 9.10. The van der Waals surface area contributed by atoms with E-state index in [4.69, 9.17) is 0 Å². The summed E-state index contributed by atoms with van der Waals surface area (Å²) in [6.45, 7) is 0. The third-order valence-electron chi connectivity index (χ3n) is 5.12. The molecule has 0 saturated heterocycles. The number of anilines is 1. The van der Waals surface area contributed by atoms with Crippen LogP contribution in [0.25, 0.3) is 5.57 Å². The van der Waals surface area contributed by atoms with E-state index in [1.807, 2.05) is 91.0 Å². The maximum atomic E-state index is 11.8. The number of rotatable bonds is 4. The molecule has 4 rings (SSSR count). The van der Waals surface area contributed by atoms with Gasteiger partial charge in [-0.15, -0.1) is 0 Å². The van der Waals surface area contributed by atoms with Crippen LogP contribution < -0.4 is 5.32 Å². The van der Waals surface area contributed by atoms with Crippen molar-refractivity contribution < 1.29 is 5.11 Å². The maximum absolute atomic E-state index is 11.8. The highest BCUT2D eigenvalue weighted by Crippen LogP contribution is 2.49. The molecule has 0 aliphatic heterocycles. The molecule has 0 spiro atoms. The molecule has 138 valence electrons. The lowest BCUT2D eigenvalue weighted by Gasteiger charge is -2.30. The van der Waals surface area contributed by atoms with Crippen LogP contribution >= 0.6 is 15.9 Å². The molecule has 0 radical (unpaired) electrons. The summed E-state index contributed by atoms with van der Waals surface area (Å²) in [7, 11) is 0. The first-order valence-electron chi connectivity index (χ1n) is 9.06. The van der Waals surface area contributed by atoms with Crippen LogP contribution in [0.2, 0.25) is 0 Å². The number of benzene rings is 3. The quantitative estimate of drug-likeness (QED) is 0.574. The minimum absolute atomic E-state index is 0.223. The topological polar surface area (TPSA) is 56.0 Å². The number of hydrogen-bond donors (Lipinski definition) is 2. The molecule has 0 amide bonds. The average Bonchev–Trinajstić information content (AvgIpc) is 3.05. The van der Waals surface area contributed by atoms with Crippen LogP contribution in [-0.2, 0) is 5.60 Å². The number of nitriles is 1. The van der Waals surface area contributed by atoms with E-state index >= 15 is 0 Å². The van der Waals surface area contributed by atoms with Crippen molar-refractivity contribution in [2.24, 2.45) is 0 Å². The Hall–Kier alpha value is -2.87. The molecular weight excluding hydrogens is 412 g/mol. The van der Waals surface area contributed by atoms with Crippen LogP contribution in [0.15, 0.2) is 95.5 Å². The van der Waals surface area contributed by atoms with E-state index in [-0.39, 0.29) is 6.42 Å². The van der Waals surface area contributed by atoms with Gasteiger partial charge in [0, 0.05) is 16.6 Å². The molecule has 2 N–H and O–H groups in total. The first kappa shape index (κ1) is 18.5. The van der Waals surface area contributed by atoms with Gasteiger partial charge in [0.25, 0.3) is 0 Å². The molecule has 4 heteroatoms. The van der Waals surface area contributed by atoms with E-state index < -0.39 is 11.1 Å². The summed E-state index contributed by atoms with van der Waals surface area (Å²) in [5, 5.41) is 25.2. The van der Waals surface area contributed by atoms with Crippen molar-refractivity contribution in [3.63, 3.8) is 0 Å². The van der Waals surface area contributed by atoms with Gasteiger partial charge >= 0.3 is 0 Å². The van der Waals surface area contributed by atoms with Gasteiger partial charge in [0.2, 0.25) is 0 Å². The second kappa shape index (κ2) is 7.27. The van der Waals surface area contributed by atoms with E-state index in [1.54, 1.807) is 0 Å². The molecule has 3 aromatic rings. The number of nitrogens with one attached hydrogen (secondary N) is 1. The van der Waals surface area contributed by atoms with Crippen LogP contribution in [0, 0.1) is 11.3 Å². The van der Waals surface area contributed by atoms with Crippen LogP contribution in [0.1, 0.15) is 17.5 Å². The normalized spacial score (nSPS) is 23.7. The number of hydrogen-bond acceptors (Lipinski definition) is 3. The van der Waals surface area contributed by atoms with E-state index in [9.17, 15) is 10.4 Å². The van der Waals surface area contributed by atoms with Crippen LogP contribution in [0.3, 0.4) is 0 Å². The summed E-state index contributed by atoms with van der Waals surface area (Å²) in [5.41, 5.74) is 0.962. The fraction of sp³-hybridized carbons (Fsp3) is 0.125. The standard InChI is InChI=1S/C24H19BrN2O/c25-20-11-13-21(14-12-20)27-23(17-26)15-22(18-7-3-1-4-8-18)24(28,16-23)19-9-5-2-6-10-19/h1-15,27-28H,16H2/t23-,24-/m0/s1. The third-order valence-corrected chi connectivity index (χ3v) is 5.65. The van der Waals surface area contributed by atoms with Crippen molar-refractivity contribution in [3.8, 4) is 6.07 Å². The molecule has 0 bridgehead atoms. The minimum Gasteiger partial charge on any atom is -0.380 e. The Labute approximate surface area is 173 Å². The average molecular weight is 431 g/mol. The van der Waals surface area contributed by atoms with Crippen molar-refractivity contribution in [2.75, 3.05) is 5.32 Å². The lowest BCUT2D eigenvalue weighted by molar-refractivity contribution is 0.0919. The summed E-state index contributed by atoms with van der Waals surface area (Å²) >= 11 is 3.43. The van der Waals surface area contributed by atoms with Crippen LogP contribution in [0.4, 0.5) is 5.69 Å². The second-order valence-electron chi connectivity index (χ2n) is 7.04. The van der Waals surface area contributed by atoms with Gasteiger partial charge in [-0.05, 0) is 47.0 Å². The molecule has 0 heterocycles. The minimum atomic E-state index is -1.26. The van der Waals surface area contributed by atoms with E-state index in [0.717, 1.165) is 26.9 Å². The van der Waals surface area contributed by atoms with Crippen molar-refractivity contribution in [1.29, 1.82) is 5.26 Å². The van der Waals surface area contributed by atoms with Crippen molar-refractivity contribution in [2.45, 2.75) is 17.6 Å². The Morgan fingerprint density at radius 2 is 1.50 bits per heavy atom. The maximum Gasteiger partial charge on any atom is 0.148 e. The summed E-state index contributed by atoms with van der Waals surface area (Å²) < 4.78 is 0.969. The number of nitrogens with zero attached hydrogens (tertiary/aromatic N) is 1. The number of halogens is 1. The monoisotopic (exact) mass is 430 g/mol. The van der Waals surface area contributed by atoms with Gasteiger partial charge in [0.05, 0.1) is 6.07 Å². The SMILES string of the molecule is N#C[C@]1(Nc2ccc(Br)cc2)C=C(c2ccccc2)[C@@](O)(c2ccccc2)C1. The molecule has 0 fully saturated rings. The van der Waals surface area contributed by atoms with Gasteiger partial charge in [-0.2, -0.15) is 5.26 Å². The molecule has 28 heavy (non-hydrogen) atoms. The van der Waals surface area contributed by atoms with Crippen LogP contribution in [0.5, 0.6) is 0 Å². The molecule has 1 aliphatic carbocycles. The zero-order chi connectivity index (χ0) is 19.6. The van der Waals surface area contributed by atoms with Gasteiger partial charge in [-0.25, -0.2) is 0 Å². The largest absolute Gasteiger partial charge is 0.380 e. The van der Waals surface area contributed by atoms with Crippen LogP contribution in [-0.4, -0.2) is 10.6 Å². The summed E-state index contributed by atoms with van der Waals surface area (Å²) in [6.07, 6.45) is 2.10. The Balaban J connectivity index is 1.82. The zero-order valence-corrected chi connectivity index (χ0v) is 16.7. The van der Waals surface area contributed by atoms with E-state index in [0.29, 0.717) is 0 Å². The molecule has 1 aliphatic rings. The van der Waals surface area contributed by atoms with E-state index in [2.05, 4.69) is 27.3 Å². The third kappa shape index (κ3) is 3.35. The fourth-order valence-corrected chi connectivity index (χ4v) is 4.06. The van der Waals surface area contributed by atoms with Gasteiger partial charge in [0.15, 0.2) is 0 Å². The molecule has 3 aromatic carbocycles. The lowest BCUT2D eigenvalue weighted by Crippen LogP contribution is -2.37. The van der Waals surface area contributed by atoms with Crippen molar-refractivity contribution in [3.05, 3.63) is 107 Å². The van der Waals surface area contributed by atoms with Gasteiger partial charge in [0.1, 0.15) is 11.1 Å². The molecule has 0 aromatic heterocycles. The predicted octanol–water partition coefficient (Wildman–Crippen LogP) is 5.50. The Kier molecular flexibility index (Phi) is 4.80. The highest BCUT2D eigenvalue weighted by Gasteiger charge is 2.50. The fourth-order valence-electron chi connectivity index (χ4n) is 3.80. The summed E-state index contributed by atoms with van der Waals surface area (Å²) in [5.74, 6) is 0. The number of aliphatic hydroxyl groups is 1. The first-order valence-corrected chi connectivity index (χ1v) is 9.86. The second-order valence-corrected chi connectivity index (χ2v) is 7.96. The summed E-state index contributed by atoms with van der Waals surface area (Å²) in [6, 6.07) is 29.4. The predicted molar refractivity (Wildman–Crippen MR) is 115 cm³/mol. The summed E-state index contributed by atoms with van der Waals surface area (Å²) in [4.78, 5) is 0. The van der Waals surface area contributed by atoms with Gasteiger partial charge < -0.3 is 10.4 Å². The molecular formula is C24H19BrN2O. The first-order chi connectivity index (χ1) is 13.5. The smallest absolute Gasteiger partial charge is 0.148 e. The van der Waals surface area contributed by atoms with Crippen molar-refractivity contribution in [1.82, 2.24) is 0 Å². The Morgan fingerprint density at radius 1 is 0.893 bits per heavy atom. The molecule has 2 atom stereocenters. The Morgan fingerprint density at radius 3 is 2.11 bits per heavy atom. The van der Waals surface area contributed by atoms with Gasteiger partial charge in [-0.1, -0.05) is 76.6 Å². The Bertz CT molecular complexity index is 1040. The van der Waals surface area contributed by atoms with Crippen molar-refractivity contribution >= 4 is 27.2 Å². The van der Waals surface area contributed by atoms with Gasteiger partial charge in [-0.3, -0.25) is 0 Å². The molecule has 3 nitrogen and oxygen atoms in total. The van der Waals surface area contributed by atoms with E-state index in [1.165, 1.54) is 0 Å². The zero-order valence-electron chi connectivity index (χ0n) is 15.1. The molecule has 0 unspecified atom stereocenters. The lowest BCUT2D eigenvalue weighted by atomic mass is 9.82. The molecule has 0 saturated carbocycles. The highest BCUT2D eigenvalue weighted by atomic mass is 79.9.